The first-order valence-electron chi connectivity index (χ1n) is 12.5. The number of nitrogens with zero attached hydrogens (tertiary/aromatic N) is 6. The standard InChI is InChI=1S/C28H30N6O2/c1-30-25-12-13-31(19-21-8-4-2-5-9-21)20-24(25)28(36)34-26(30)23(18-29-34)27(35)33-16-14-32(15-17-33)22-10-6-3-7-11-22/h2-11,18H,12-17,19-20H2,1H3. The van der Waals surface area contributed by atoms with E-state index in [1.807, 2.05) is 52.9 Å². The van der Waals surface area contributed by atoms with Crippen molar-refractivity contribution < 1.29 is 4.79 Å². The molecular weight excluding hydrogens is 452 g/mol. The fourth-order valence-corrected chi connectivity index (χ4v) is 5.54. The lowest BCUT2D eigenvalue weighted by Crippen LogP contribution is -2.48. The van der Waals surface area contributed by atoms with Crippen LogP contribution in [0.25, 0.3) is 5.65 Å². The molecule has 0 atom stereocenters. The molecule has 0 aliphatic carbocycles. The van der Waals surface area contributed by atoms with Gasteiger partial charge < -0.3 is 14.4 Å². The number of aryl methyl sites for hydroxylation is 1. The molecule has 4 heterocycles. The molecule has 0 radical (unpaired) electrons. The van der Waals surface area contributed by atoms with Crippen molar-refractivity contribution in [1.82, 2.24) is 24.0 Å². The van der Waals surface area contributed by atoms with E-state index < -0.39 is 0 Å². The number of carbonyl (C=O) groups excluding carboxylic acids is 1. The zero-order valence-electron chi connectivity index (χ0n) is 20.5. The molecule has 8 heteroatoms. The molecule has 2 aliphatic heterocycles. The van der Waals surface area contributed by atoms with Crippen molar-refractivity contribution in [2.75, 3.05) is 37.6 Å². The van der Waals surface area contributed by atoms with E-state index in [0.717, 1.165) is 43.9 Å². The van der Waals surface area contributed by atoms with Gasteiger partial charge in [0.25, 0.3) is 11.5 Å². The molecule has 0 bridgehead atoms. The topological polar surface area (TPSA) is 66.1 Å². The quantitative estimate of drug-likeness (QED) is 0.447. The summed E-state index contributed by atoms with van der Waals surface area (Å²) < 4.78 is 3.43. The van der Waals surface area contributed by atoms with Crippen LogP contribution < -0.4 is 10.5 Å². The van der Waals surface area contributed by atoms with Gasteiger partial charge in [-0.25, -0.2) is 0 Å². The number of hydrogen-bond acceptors (Lipinski definition) is 5. The van der Waals surface area contributed by atoms with Crippen molar-refractivity contribution in [3.63, 3.8) is 0 Å². The van der Waals surface area contributed by atoms with Gasteiger partial charge in [0.05, 0.1) is 11.8 Å². The molecule has 2 aliphatic rings. The molecule has 184 valence electrons. The normalized spacial score (nSPS) is 16.4. The predicted molar refractivity (Wildman–Crippen MR) is 139 cm³/mol. The van der Waals surface area contributed by atoms with Crippen LogP contribution in [-0.4, -0.2) is 62.6 Å². The summed E-state index contributed by atoms with van der Waals surface area (Å²) in [5.74, 6) is -0.0609. The van der Waals surface area contributed by atoms with Crippen LogP contribution in [-0.2, 0) is 26.6 Å². The molecule has 6 rings (SSSR count). The number of amides is 1. The molecule has 1 amide bonds. The molecule has 2 aromatic heterocycles. The highest BCUT2D eigenvalue weighted by Gasteiger charge is 2.29. The fraction of sp³-hybridized carbons (Fsp3) is 0.321. The van der Waals surface area contributed by atoms with Gasteiger partial charge in [0, 0.05) is 70.7 Å². The van der Waals surface area contributed by atoms with Crippen molar-refractivity contribution in [3.05, 3.63) is 99.6 Å². The first kappa shape index (κ1) is 22.5. The van der Waals surface area contributed by atoms with Gasteiger partial charge in [-0.3, -0.25) is 14.5 Å². The third kappa shape index (κ3) is 3.97. The van der Waals surface area contributed by atoms with Crippen LogP contribution in [0.2, 0.25) is 0 Å². The van der Waals surface area contributed by atoms with Gasteiger partial charge in [-0.15, -0.1) is 0 Å². The molecule has 36 heavy (non-hydrogen) atoms. The summed E-state index contributed by atoms with van der Waals surface area (Å²) >= 11 is 0. The maximum absolute atomic E-state index is 13.5. The minimum atomic E-state index is -0.121. The summed E-state index contributed by atoms with van der Waals surface area (Å²) in [4.78, 5) is 33.5. The van der Waals surface area contributed by atoms with Gasteiger partial charge in [-0.1, -0.05) is 48.5 Å². The molecule has 0 saturated carbocycles. The van der Waals surface area contributed by atoms with E-state index in [1.165, 1.54) is 15.8 Å². The van der Waals surface area contributed by atoms with Crippen molar-refractivity contribution in [1.29, 1.82) is 0 Å². The molecule has 0 N–H and O–H groups in total. The average Bonchev–Trinajstić information content (AvgIpc) is 3.38. The number of piperazine rings is 1. The average molecular weight is 483 g/mol. The van der Waals surface area contributed by atoms with E-state index in [2.05, 4.69) is 39.2 Å². The molecule has 0 spiro atoms. The summed E-state index contributed by atoms with van der Waals surface area (Å²) in [6.07, 6.45) is 2.33. The van der Waals surface area contributed by atoms with Crippen LogP contribution in [0.1, 0.15) is 27.2 Å². The maximum atomic E-state index is 13.5. The van der Waals surface area contributed by atoms with Crippen molar-refractivity contribution >= 4 is 17.2 Å². The SMILES string of the molecule is Cn1c2c(c(=O)n3ncc(C(=O)N4CCN(c5ccccc5)CC4)c13)CN(Cc1ccccc1)CC2. The number of aromatic nitrogens is 3. The number of para-hydroxylation sites is 1. The second-order valence-corrected chi connectivity index (χ2v) is 9.64. The Labute approximate surface area is 210 Å². The Hall–Kier alpha value is -3.91. The summed E-state index contributed by atoms with van der Waals surface area (Å²) in [5.41, 5.74) is 5.15. The van der Waals surface area contributed by atoms with E-state index in [4.69, 9.17) is 0 Å². The first-order valence-corrected chi connectivity index (χ1v) is 12.5. The van der Waals surface area contributed by atoms with Crippen LogP contribution in [0.15, 0.2) is 71.7 Å². The molecular formula is C28H30N6O2. The van der Waals surface area contributed by atoms with Gasteiger partial charge in [-0.05, 0) is 17.7 Å². The van der Waals surface area contributed by atoms with Gasteiger partial charge in [0.2, 0.25) is 0 Å². The van der Waals surface area contributed by atoms with Crippen LogP contribution in [0.4, 0.5) is 5.69 Å². The Kier molecular flexibility index (Phi) is 5.81. The van der Waals surface area contributed by atoms with E-state index in [9.17, 15) is 9.59 Å². The monoisotopic (exact) mass is 482 g/mol. The molecule has 4 aromatic rings. The lowest BCUT2D eigenvalue weighted by atomic mass is 10.1. The van der Waals surface area contributed by atoms with Crippen LogP contribution in [0.5, 0.6) is 0 Å². The maximum Gasteiger partial charge on any atom is 0.279 e. The number of benzene rings is 2. The van der Waals surface area contributed by atoms with E-state index >= 15 is 0 Å². The van der Waals surface area contributed by atoms with Crippen LogP contribution >= 0.6 is 0 Å². The Morgan fingerprint density at radius 2 is 1.61 bits per heavy atom. The summed E-state index contributed by atoms with van der Waals surface area (Å²) in [5, 5.41) is 4.38. The zero-order valence-corrected chi connectivity index (χ0v) is 20.5. The molecule has 1 saturated heterocycles. The smallest absolute Gasteiger partial charge is 0.279 e. The zero-order chi connectivity index (χ0) is 24.6. The van der Waals surface area contributed by atoms with Crippen molar-refractivity contribution in [2.45, 2.75) is 19.5 Å². The van der Waals surface area contributed by atoms with Gasteiger partial charge >= 0.3 is 0 Å². The van der Waals surface area contributed by atoms with Crippen molar-refractivity contribution in [3.8, 4) is 0 Å². The van der Waals surface area contributed by atoms with Crippen LogP contribution in [0.3, 0.4) is 0 Å². The third-order valence-electron chi connectivity index (χ3n) is 7.48. The lowest BCUT2D eigenvalue weighted by molar-refractivity contribution is 0.0748. The molecule has 2 aromatic carbocycles. The highest BCUT2D eigenvalue weighted by Crippen LogP contribution is 2.23. The summed E-state index contributed by atoms with van der Waals surface area (Å²) in [6, 6.07) is 20.6. The Morgan fingerprint density at radius 3 is 2.33 bits per heavy atom. The summed E-state index contributed by atoms with van der Waals surface area (Å²) in [7, 11) is 1.95. The highest BCUT2D eigenvalue weighted by atomic mass is 16.2. The van der Waals surface area contributed by atoms with Gasteiger partial charge in [0.1, 0.15) is 5.56 Å². The van der Waals surface area contributed by atoms with E-state index in [0.29, 0.717) is 30.8 Å². The summed E-state index contributed by atoms with van der Waals surface area (Å²) in [6.45, 7) is 5.08. The first-order chi connectivity index (χ1) is 17.6. The number of hydrogen-bond donors (Lipinski definition) is 0. The van der Waals surface area contributed by atoms with E-state index in [1.54, 1.807) is 6.20 Å². The third-order valence-corrected chi connectivity index (χ3v) is 7.48. The minimum absolute atomic E-state index is 0.0609. The molecule has 1 fully saturated rings. The lowest BCUT2D eigenvalue weighted by Gasteiger charge is -2.36. The van der Waals surface area contributed by atoms with Gasteiger partial charge in [0.15, 0.2) is 5.65 Å². The fourth-order valence-electron chi connectivity index (χ4n) is 5.54. The second kappa shape index (κ2) is 9.28. The second-order valence-electron chi connectivity index (χ2n) is 9.64. The highest BCUT2D eigenvalue weighted by molar-refractivity contribution is 6.00. The Morgan fingerprint density at radius 1 is 0.917 bits per heavy atom. The van der Waals surface area contributed by atoms with Gasteiger partial charge in [-0.2, -0.15) is 9.61 Å². The van der Waals surface area contributed by atoms with Crippen LogP contribution in [0, 0.1) is 0 Å². The minimum Gasteiger partial charge on any atom is -0.368 e. The van der Waals surface area contributed by atoms with E-state index in [-0.39, 0.29) is 11.5 Å². The Balaban J connectivity index is 1.24. The predicted octanol–water partition coefficient (Wildman–Crippen LogP) is 2.55. The largest absolute Gasteiger partial charge is 0.368 e. The van der Waals surface area contributed by atoms with Crippen molar-refractivity contribution in [2.24, 2.45) is 7.05 Å². The number of anilines is 1. The Bertz CT molecular complexity index is 1450. The molecule has 8 nitrogen and oxygen atoms in total. The number of rotatable bonds is 4. The number of fused-ring (bicyclic) bond motifs is 2. The number of carbonyl (C=O) groups is 1. The molecule has 0 unspecified atom stereocenters.